The van der Waals surface area contributed by atoms with Crippen molar-refractivity contribution in [2.24, 2.45) is 0 Å². The third-order valence-electron chi connectivity index (χ3n) is 3.49. The number of aliphatic hydroxyl groups excluding tert-OH is 1. The van der Waals surface area contributed by atoms with Crippen molar-refractivity contribution in [3.05, 3.63) is 35.4 Å². The fourth-order valence-electron chi connectivity index (χ4n) is 2.59. The van der Waals surface area contributed by atoms with Crippen molar-refractivity contribution in [2.45, 2.75) is 31.2 Å². The van der Waals surface area contributed by atoms with E-state index in [1.807, 2.05) is 11.0 Å². The average molecular weight is 284 g/mol. The van der Waals surface area contributed by atoms with Gasteiger partial charge in [0.15, 0.2) is 0 Å². The van der Waals surface area contributed by atoms with Crippen LogP contribution in [0.3, 0.4) is 0 Å². The number of hydrogen-bond acceptors (Lipinski definition) is 3. The minimum Gasteiger partial charge on any atom is -0.392 e. The lowest BCUT2D eigenvalue weighted by Crippen LogP contribution is -2.25. The van der Waals surface area contributed by atoms with Crippen LogP contribution in [0.4, 0.5) is 13.2 Å². The first-order valence-electron chi connectivity index (χ1n) is 6.38. The first-order chi connectivity index (χ1) is 9.41. The molecule has 2 rings (SSSR count). The van der Waals surface area contributed by atoms with Crippen molar-refractivity contribution in [1.82, 2.24) is 4.90 Å². The van der Waals surface area contributed by atoms with Crippen LogP contribution < -0.4 is 0 Å². The van der Waals surface area contributed by atoms with Crippen LogP contribution in [0, 0.1) is 11.3 Å². The third kappa shape index (κ3) is 3.30. The molecule has 0 aromatic heterocycles. The number of likely N-dealkylation sites (tertiary alicyclic amines) is 1. The van der Waals surface area contributed by atoms with Crippen LogP contribution in [0.15, 0.2) is 24.3 Å². The average Bonchev–Trinajstić information content (AvgIpc) is 2.77. The van der Waals surface area contributed by atoms with Crippen molar-refractivity contribution >= 4 is 0 Å². The highest BCUT2D eigenvalue weighted by molar-refractivity contribution is 5.29. The standard InChI is InChI=1S/C14H15F3N2O/c15-14(16,17)11-4-1-3-10(7-11)13-8-12(20)9-19(13)6-2-5-18/h1,3-4,7,12-13,20H,2,6,8-9H2/t12-,13-/m0/s1. The third-order valence-corrected chi connectivity index (χ3v) is 3.49. The molecule has 0 radical (unpaired) electrons. The summed E-state index contributed by atoms with van der Waals surface area (Å²) in [6, 6.07) is 6.93. The fourth-order valence-corrected chi connectivity index (χ4v) is 2.59. The van der Waals surface area contributed by atoms with Gasteiger partial charge in [0, 0.05) is 25.6 Å². The summed E-state index contributed by atoms with van der Waals surface area (Å²) in [5, 5.41) is 18.3. The molecule has 1 aliphatic rings. The van der Waals surface area contributed by atoms with E-state index in [9.17, 15) is 18.3 Å². The quantitative estimate of drug-likeness (QED) is 0.928. The lowest BCUT2D eigenvalue weighted by atomic mass is 10.0. The van der Waals surface area contributed by atoms with Crippen LogP contribution >= 0.6 is 0 Å². The lowest BCUT2D eigenvalue weighted by Gasteiger charge is -2.24. The molecular formula is C14H15F3N2O. The minimum absolute atomic E-state index is 0.263. The van der Waals surface area contributed by atoms with E-state index < -0.39 is 17.8 Å². The fraction of sp³-hybridized carbons (Fsp3) is 0.500. The second-order valence-electron chi connectivity index (χ2n) is 4.93. The second kappa shape index (κ2) is 5.81. The van der Waals surface area contributed by atoms with Gasteiger partial charge in [-0.05, 0) is 24.1 Å². The summed E-state index contributed by atoms with van der Waals surface area (Å²) in [6.45, 7) is 0.844. The molecule has 0 spiro atoms. The van der Waals surface area contributed by atoms with Gasteiger partial charge in [-0.15, -0.1) is 0 Å². The summed E-state index contributed by atoms with van der Waals surface area (Å²) in [6.07, 6.45) is -4.24. The molecule has 1 fully saturated rings. The van der Waals surface area contributed by atoms with Gasteiger partial charge in [-0.1, -0.05) is 12.1 Å². The van der Waals surface area contributed by atoms with E-state index in [0.29, 0.717) is 31.5 Å². The summed E-state index contributed by atoms with van der Waals surface area (Å²) in [5.41, 5.74) is -0.147. The summed E-state index contributed by atoms with van der Waals surface area (Å²) < 4.78 is 38.2. The lowest BCUT2D eigenvalue weighted by molar-refractivity contribution is -0.137. The molecule has 3 nitrogen and oxygen atoms in total. The Kier molecular flexibility index (Phi) is 4.31. The van der Waals surface area contributed by atoms with E-state index in [4.69, 9.17) is 5.26 Å². The molecule has 108 valence electrons. The number of aliphatic hydroxyl groups is 1. The van der Waals surface area contributed by atoms with Gasteiger partial charge in [0.1, 0.15) is 0 Å². The Balaban J connectivity index is 2.23. The topological polar surface area (TPSA) is 47.3 Å². The van der Waals surface area contributed by atoms with Crippen molar-refractivity contribution in [3.63, 3.8) is 0 Å². The molecule has 0 saturated carbocycles. The van der Waals surface area contributed by atoms with E-state index >= 15 is 0 Å². The monoisotopic (exact) mass is 284 g/mol. The Morgan fingerprint density at radius 1 is 1.40 bits per heavy atom. The van der Waals surface area contributed by atoms with Crippen molar-refractivity contribution in [1.29, 1.82) is 5.26 Å². The normalized spacial score (nSPS) is 23.8. The first kappa shape index (κ1) is 14.8. The summed E-state index contributed by atoms with van der Waals surface area (Å²) >= 11 is 0. The zero-order valence-corrected chi connectivity index (χ0v) is 10.8. The maximum atomic E-state index is 12.7. The van der Waals surface area contributed by atoms with E-state index in [1.165, 1.54) is 6.07 Å². The Hall–Kier alpha value is -1.58. The molecule has 0 bridgehead atoms. The van der Waals surface area contributed by atoms with Gasteiger partial charge in [-0.25, -0.2) is 0 Å². The molecule has 0 amide bonds. The summed E-state index contributed by atoms with van der Waals surface area (Å²) in [5.74, 6) is 0. The highest BCUT2D eigenvalue weighted by Gasteiger charge is 2.34. The zero-order valence-electron chi connectivity index (χ0n) is 10.8. The molecule has 2 atom stereocenters. The summed E-state index contributed by atoms with van der Waals surface area (Å²) in [7, 11) is 0. The SMILES string of the molecule is N#CCCN1C[C@@H](O)C[C@H]1c1cccc(C(F)(F)F)c1. The van der Waals surface area contributed by atoms with E-state index in [1.54, 1.807) is 6.07 Å². The van der Waals surface area contributed by atoms with E-state index in [0.717, 1.165) is 12.1 Å². The molecule has 1 saturated heterocycles. The number of nitrogens with zero attached hydrogens (tertiary/aromatic N) is 2. The van der Waals surface area contributed by atoms with Gasteiger partial charge in [0.05, 0.1) is 17.7 Å². The van der Waals surface area contributed by atoms with Crippen molar-refractivity contribution in [2.75, 3.05) is 13.1 Å². The second-order valence-corrected chi connectivity index (χ2v) is 4.93. The molecule has 0 aliphatic carbocycles. The van der Waals surface area contributed by atoms with E-state index in [-0.39, 0.29) is 6.04 Å². The smallest absolute Gasteiger partial charge is 0.392 e. The number of alkyl halides is 3. The van der Waals surface area contributed by atoms with Crippen LogP contribution in [0.1, 0.15) is 30.0 Å². The molecule has 1 aromatic rings. The van der Waals surface area contributed by atoms with Crippen LogP contribution in [0.25, 0.3) is 0 Å². The number of β-amino-alcohol motifs (C(OH)–C–C–N with tert-alkyl or cyclic N) is 1. The largest absolute Gasteiger partial charge is 0.416 e. The number of nitriles is 1. The van der Waals surface area contributed by atoms with Gasteiger partial charge in [0.25, 0.3) is 0 Å². The highest BCUT2D eigenvalue weighted by Crippen LogP contribution is 2.36. The molecule has 1 heterocycles. The van der Waals surface area contributed by atoms with Crippen LogP contribution in [0.5, 0.6) is 0 Å². The Labute approximate surface area is 115 Å². The Morgan fingerprint density at radius 3 is 2.80 bits per heavy atom. The van der Waals surface area contributed by atoms with Crippen LogP contribution in [-0.4, -0.2) is 29.2 Å². The summed E-state index contributed by atoms with van der Waals surface area (Å²) in [4.78, 5) is 1.86. The van der Waals surface area contributed by atoms with Gasteiger partial charge >= 0.3 is 6.18 Å². The number of benzene rings is 1. The van der Waals surface area contributed by atoms with Crippen LogP contribution in [0.2, 0.25) is 0 Å². The number of hydrogen-bond donors (Lipinski definition) is 1. The van der Waals surface area contributed by atoms with E-state index in [2.05, 4.69) is 0 Å². The highest BCUT2D eigenvalue weighted by atomic mass is 19.4. The Bertz CT molecular complexity index is 510. The first-order valence-corrected chi connectivity index (χ1v) is 6.38. The predicted octanol–water partition coefficient (Wildman–Crippen LogP) is 2.73. The van der Waals surface area contributed by atoms with Gasteiger partial charge < -0.3 is 5.11 Å². The predicted molar refractivity (Wildman–Crippen MR) is 66.6 cm³/mol. The van der Waals surface area contributed by atoms with Crippen molar-refractivity contribution in [3.8, 4) is 6.07 Å². The number of halogens is 3. The molecule has 20 heavy (non-hydrogen) atoms. The molecule has 1 N–H and O–H groups in total. The zero-order chi connectivity index (χ0) is 14.8. The molecule has 1 aliphatic heterocycles. The Morgan fingerprint density at radius 2 is 2.15 bits per heavy atom. The van der Waals surface area contributed by atoms with Gasteiger partial charge in [0.2, 0.25) is 0 Å². The minimum atomic E-state index is -4.37. The van der Waals surface area contributed by atoms with Gasteiger partial charge in [-0.3, -0.25) is 4.90 Å². The van der Waals surface area contributed by atoms with Gasteiger partial charge in [-0.2, -0.15) is 18.4 Å². The maximum Gasteiger partial charge on any atom is 0.416 e. The maximum absolute atomic E-state index is 12.7. The molecule has 6 heteroatoms. The molecular weight excluding hydrogens is 269 g/mol. The van der Waals surface area contributed by atoms with Crippen molar-refractivity contribution < 1.29 is 18.3 Å². The number of rotatable bonds is 3. The van der Waals surface area contributed by atoms with Crippen LogP contribution in [-0.2, 0) is 6.18 Å². The molecule has 1 aromatic carbocycles. The molecule has 0 unspecified atom stereocenters.